The zero-order valence-corrected chi connectivity index (χ0v) is 9.84. The van der Waals surface area contributed by atoms with Crippen LogP contribution in [0.25, 0.3) is 0 Å². The van der Waals surface area contributed by atoms with Gasteiger partial charge >= 0.3 is 0 Å². The minimum absolute atomic E-state index is 0.625. The molecule has 0 aromatic heterocycles. The van der Waals surface area contributed by atoms with Crippen molar-refractivity contribution in [3.8, 4) is 0 Å². The highest BCUT2D eigenvalue weighted by Crippen LogP contribution is 2.50. The molecule has 1 nitrogen and oxygen atoms in total. The monoisotopic (exact) mass is 199 g/mol. The summed E-state index contributed by atoms with van der Waals surface area (Å²) in [5, 5.41) is 3.72. The van der Waals surface area contributed by atoms with Crippen LogP contribution in [0.5, 0.6) is 0 Å². The predicted molar refractivity (Wildman–Crippen MR) is 60.3 cm³/mol. The van der Waals surface area contributed by atoms with Gasteiger partial charge in [0, 0.05) is 17.3 Å². The SMILES string of the molecule is CSC1(CNC(C)C2(C)CC2)CC1. The minimum atomic E-state index is 0.625. The third-order valence-electron chi connectivity index (χ3n) is 4.06. The second-order valence-corrected chi connectivity index (χ2v) is 6.42. The molecule has 0 aromatic carbocycles. The average molecular weight is 199 g/mol. The van der Waals surface area contributed by atoms with Gasteiger partial charge in [-0.05, 0) is 44.3 Å². The number of nitrogens with one attached hydrogen (secondary N) is 1. The molecular weight excluding hydrogens is 178 g/mol. The summed E-state index contributed by atoms with van der Waals surface area (Å²) in [6.45, 7) is 5.98. The molecule has 1 N–H and O–H groups in total. The fraction of sp³-hybridized carbons (Fsp3) is 1.00. The Morgan fingerprint density at radius 2 is 1.92 bits per heavy atom. The zero-order valence-electron chi connectivity index (χ0n) is 9.02. The van der Waals surface area contributed by atoms with Crippen LogP contribution >= 0.6 is 11.8 Å². The molecule has 2 rings (SSSR count). The highest BCUT2D eigenvalue weighted by Gasteiger charge is 2.45. The van der Waals surface area contributed by atoms with Crippen molar-refractivity contribution in [1.29, 1.82) is 0 Å². The van der Waals surface area contributed by atoms with Gasteiger partial charge in [0.15, 0.2) is 0 Å². The van der Waals surface area contributed by atoms with Gasteiger partial charge in [-0.2, -0.15) is 11.8 Å². The van der Waals surface area contributed by atoms with Gasteiger partial charge in [0.25, 0.3) is 0 Å². The summed E-state index contributed by atoms with van der Waals surface area (Å²) >= 11 is 2.05. The van der Waals surface area contributed by atoms with Crippen LogP contribution < -0.4 is 5.32 Å². The van der Waals surface area contributed by atoms with Gasteiger partial charge in [-0.25, -0.2) is 0 Å². The van der Waals surface area contributed by atoms with E-state index in [4.69, 9.17) is 0 Å². The van der Waals surface area contributed by atoms with Crippen molar-refractivity contribution in [3.63, 3.8) is 0 Å². The Labute approximate surface area is 86.0 Å². The highest BCUT2D eigenvalue weighted by molar-refractivity contribution is 8.00. The molecule has 0 spiro atoms. The van der Waals surface area contributed by atoms with Gasteiger partial charge in [-0.3, -0.25) is 0 Å². The van der Waals surface area contributed by atoms with Gasteiger partial charge < -0.3 is 5.32 Å². The largest absolute Gasteiger partial charge is 0.312 e. The van der Waals surface area contributed by atoms with Crippen molar-refractivity contribution >= 4 is 11.8 Å². The van der Waals surface area contributed by atoms with E-state index in [0.717, 1.165) is 6.04 Å². The summed E-state index contributed by atoms with van der Waals surface area (Å²) in [6, 6.07) is 0.720. The van der Waals surface area contributed by atoms with E-state index in [9.17, 15) is 0 Å². The average Bonchev–Trinajstić information content (AvgIpc) is 2.99. The van der Waals surface area contributed by atoms with E-state index in [2.05, 4.69) is 25.4 Å². The van der Waals surface area contributed by atoms with Crippen LogP contribution in [0.4, 0.5) is 0 Å². The minimum Gasteiger partial charge on any atom is -0.312 e. The van der Waals surface area contributed by atoms with Crippen molar-refractivity contribution < 1.29 is 0 Å². The van der Waals surface area contributed by atoms with Crippen molar-refractivity contribution in [2.24, 2.45) is 5.41 Å². The smallest absolute Gasteiger partial charge is 0.0282 e. The Kier molecular flexibility index (Phi) is 2.40. The van der Waals surface area contributed by atoms with E-state index in [0.29, 0.717) is 10.2 Å². The lowest BCUT2D eigenvalue weighted by molar-refractivity contribution is 0.380. The molecule has 2 saturated carbocycles. The van der Waals surface area contributed by atoms with Gasteiger partial charge in [-0.15, -0.1) is 0 Å². The Morgan fingerprint density at radius 1 is 1.31 bits per heavy atom. The molecular formula is C11H21NS. The van der Waals surface area contributed by atoms with Crippen molar-refractivity contribution in [3.05, 3.63) is 0 Å². The molecule has 0 radical (unpaired) electrons. The molecule has 76 valence electrons. The molecule has 2 aliphatic rings. The summed E-state index contributed by atoms with van der Waals surface area (Å²) in [4.78, 5) is 0. The van der Waals surface area contributed by atoms with E-state index >= 15 is 0 Å². The quantitative estimate of drug-likeness (QED) is 0.730. The third-order valence-corrected chi connectivity index (χ3v) is 5.47. The van der Waals surface area contributed by atoms with Crippen LogP contribution in [0.1, 0.15) is 39.5 Å². The Hall–Kier alpha value is 0.310. The molecule has 0 bridgehead atoms. The first-order valence-electron chi connectivity index (χ1n) is 5.39. The van der Waals surface area contributed by atoms with Crippen LogP contribution in [0, 0.1) is 5.41 Å². The van der Waals surface area contributed by atoms with Crippen LogP contribution in [-0.4, -0.2) is 23.6 Å². The molecule has 0 heterocycles. The number of thioether (sulfide) groups is 1. The van der Waals surface area contributed by atoms with E-state index in [1.54, 1.807) is 0 Å². The lowest BCUT2D eigenvalue weighted by Gasteiger charge is -2.23. The summed E-state index contributed by atoms with van der Waals surface area (Å²) < 4.78 is 0.625. The van der Waals surface area contributed by atoms with Crippen molar-refractivity contribution in [2.45, 2.75) is 50.3 Å². The van der Waals surface area contributed by atoms with E-state index in [-0.39, 0.29) is 0 Å². The van der Waals surface area contributed by atoms with Gasteiger partial charge in [-0.1, -0.05) is 6.92 Å². The van der Waals surface area contributed by atoms with Crippen LogP contribution in [0.15, 0.2) is 0 Å². The molecule has 2 aliphatic carbocycles. The maximum absolute atomic E-state index is 3.72. The molecule has 2 fully saturated rings. The molecule has 0 aromatic rings. The van der Waals surface area contributed by atoms with Crippen molar-refractivity contribution in [1.82, 2.24) is 5.32 Å². The maximum Gasteiger partial charge on any atom is 0.0282 e. The molecule has 13 heavy (non-hydrogen) atoms. The van der Waals surface area contributed by atoms with Gasteiger partial charge in [0.05, 0.1) is 0 Å². The Balaban J connectivity index is 1.73. The lowest BCUT2D eigenvalue weighted by Crippen LogP contribution is -2.38. The third kappa shape index (κ3) is 2.04. The van der Waals surface area contributed by atoms with E-state index in [1.165, 1.54) is 32.2 Å². The predicted octanol–water partition coefficient (Wildman–Crippen LogP) is 2.66. The lowest BCUT2D eigenvalue weighted by atomic mass is 10.0. The number of hydrogen-bond acceptors (Lipinski definition) is 2. The summed E-state index contributed by atoms with van der Waals surface area (Å²) in [6.07, 6.45) is 7.94. The molecule has 0 aliphatic heterocycles. The van der Waals surface area contributed by atoms with Crippen LogP contribution in [0.2, 0.25) is 0 Å². The maximum atomic E-state index is 3.72. The molecule has 0 saturated heterocycles. The molecule has 2 heteroatoms. The summed E-state index contributed by atoms with van der Waals surface area (Å²) in [5.74, 6) is 0. The first-order valence-corrected chi connectivity index (χ1v) is 6.61. The van der Waals surface area contributed by atoms with Crippen LogP contribution in [-0.2, 0) is 0 Å². The highest BCUT2D eigenvalue weighted by atomic mass is 32.2. The standard InChI is InChI=1S/C11H21NS/c1-9(10(2)4-5-10)12-8-11(13-3)6-7-11/h9,12H,4-8H2,1-3H3. The number of rotatable bonds is 5. The Morgan fingerprint density at radius 3 is 2.31 bits per heavy atom. The Bertz CT molecular complexity index is 194. The second kappa shape index (κ2) is 3.16. The molecule has 1 atom stereocenters. The van der Waals surface area contributed by atoms with E-state index < -0.39 is 0 Å². The van der Waals surface area contributed by atoms with Gasteiger partial charge in [0.2, 0.25) is 0 Å². The molecule has 1 unspecified atom stereocenters. The fourth-order valence-corrected chi connectivity index (χ4v) is 2.55. The molecule has 0 amide bonds. The van der Waals surface area contributed by atoms with Gasteiger partial charge in [0.1, 0.15) is 0 Å². The normalized spacial score (nSPS) is 29.8. The van der Waals surface area contributed by atoms with Crippen LogP contribution in [0.3, 0.4) is 0 Å². The van der Waals surface area contributed by atoms with E-state index in [1.807, 2.05) is 11.8 Å². The van der Waals surface area contributed by atoms with Crippen molar-refractivity contribution in [2.75, 3.05) is 12.8 Å². The summed E-state index contributed by atoms with van der Waals surface area (Å²) in [7, 11) is 0. The zero-order chi connectivity index (χ0) is 9.53. The number of hydrogen-bond donors (Lipinski definition) is 1. The first kappa shape index (κ1) is 9.85. The topological polar surface area (TPSA) is 12.0 Å². The second-order valence-electron chi connectivity index (χ2n) is 5.14. The first-order chi connectivity index (χ1) is 6.10. The summed E-state index contributed by atoms with van der Waals surface area (Å²) in [5.41, 5.74) is 0.633. The fourth-order valence-electron chi connectivity index (χ4n) is 1.81.